The van der Waals surface area contributed by atoms with E-state index in [4.69, 9.17) is 10.8 Å². The molecule has 23 heavy (non-hydrogen) atoms. The van der Waals surface area contributed by atoms with Crippen LogP contribution >= 0.6 is 0 Å². The predicted molar refractivity (Wildman–Crippen MR) is 97.3 cm³/mol. The van der Waals surface area contributed by atoms with Crippen molar-refractivity contribution in [2.24, 2.45) is 11.7 Å². The fraction of sp³-hybridized carbons (Fsp3) is 0.700. The van der Waals surface area contributed by atoms with Crippen LogP contribution in [0.1, 0.15) is 75.5 Å². The highest BCUT2D eigenvalue weighted by Crippen LogP contribution is 2.22. The summed E-state index contributed by atoms with van der Waals surface area (Å²) in [5.74, 6) is 0.0813. The average molecular weight is 322 g/mol. The van der Waals surface area contributed by atoms with Crippen molar-refractivity contribution in [2.45, 2.75) is 70.8 Å². The standard InChI is InChI=1S/C20H35NO2/c1-2-3-4-5-6-7-8-17-9-11-19(12-10-17)20(21)15-18(16-23)13-14-22/h9-12,18,20,22-23H,2-8,13-16,21H2,1H3. The van der Waals surface area contributed by atoms with Gasteiger partial charge in [0.05, 0.1) is 0 Å². The Balaban J connectivity index is 2.34. The van der Waals surface area contributed by atoms with Crippen LogP contribution in [0.2, 0.25) is 0 Å². The Bertz CT molecular complexity index is 391. The van der Waals surface area contributed by atoms with Gasteiger partial charge in [-0.05, 0) is 42.7 Å². The zero-order valence-corrected chi connectivity index (χ0v) is 14.7. The zero-order chi connectivity index (χ0) is 16.9. The Morgan fingerprint density at radius 1 is 0.957 bits per heavy atom. The Morgan fingerprint density at radius 3 is 2.22 bits per heavy atom. The number of hydrogen-bond donors (Lipinski definition) is 3. The third-order valence-electron chi connectivity index (χ3n) is 4.61. The quantitative estimate of drug-likeness (QED) is 0.482. The monoisotopic (exact) mass is 321 g/mol. The third-order valence-corrected chi connectivity index (χ3v) is 4.61. The van der Waals surface area contributed by atoms with Gasteiger partial charge in [0.2, 0.25) is 0 Å². The van der Waals surface area contributed by atoms with Gasteiger partial charge in [0.15, 0.2) is 0 Å². The van der Waals surface area contributed by atoms with Crippen LogP contribution in [0.5, 0.6) is 0 Å². The molecule has 0 saturated heterocycles. The molecule has 3 nitrogen and oxygen atoms in total. The molecule has 1 rings (SSSR count). The summed E-state index contributed by atoms with van der Waals surface area (Å²) in [7, 11) is 0. The molecule has 0 aliphatic carbocycles. The Hall–Kier alpha value is -0.900. The second-order valence-corrected chi connectivity index (χ2v) is 6.66. The molecular weight excluding hydrogens is 286 g/mol. The molecule has 0 spiro atoms. The molecule has 0 aromatic heterocycles. The van der Waals surface area contributed by atoms with Crippen molar-refractivity contribution >= 4 is 0 Å². The summed E-state index contributed by atoms with van der Waals surface area (Å²) in [5, 5.41) is 18.3. The van der Waals surface area contributed by atoms with Crippen molar-refractivity contribution in [3.05, 3.63) is 35.4 Å². The molecule has 0 amide bonds. The van der Waals surface area contributed by atoms with Crippen LogP contribution in [-0.2, 0) is 6.42 Å². The first kappa shape index (κ1) is 20.1. The summed E-state index contributed by atoms with van der Waals surface area (Å²) < 4.78 is 0. The van der Waals surface area contributed by atoms with Crippen LogP contribution < -0.4 is 5.73 Å². The molecule has 1 aromatic carbocycles. The molecule has 2 atom stereocenters. The summed E-state index contributed by atoms with van der Waals surface area (Å²) >= 11 is 0. The highest BCUT2D eigenvalue weighted by atomic mass is 16.3. The third kappa shape index (κ3) is 8.50. The molecule has 132 valence electrons. The maximum Gasteiger partial charge on any atom is 0.0460 e. The summed E-state index contributed by atoms with van der Waals surface area (Å²) in [6, 6.07) is 8.53. The lowest BCUT2D eigenvalue weighted by molar-refractivity contribution is 0.171. The number of aliphatic hydroxyl groups is 2. The average Bonchev–Trinajstić information content (AvgIpc) is 2.58. The molecule has 0 fully saturated rings. The molecule has 3 heteroatoms. The number of aliphatic hydroxyl groups excluding tert-OH is 2. The minimum Gasteiger partial charge on any atom is -0.396 e. The first-order valence-electron chi connectivity index (χ1n) is 9.27. The first-order chi connectivity index (χ1) is 11.2. The number of aryl methyl sites for hydroxylation is 1. The van der Waals surface area contributed by atoms with Gasteiger partial charge in [-0.25, -0.2) is 0 Å². The summed E-state index contributed by atoms with van der Waals surface area (Å²) in [6.45, 7) is 2.44. The molecular formula is C20H35NO2. The van der Waals surface area contributed by atoms with Crippen LogP contribution in [0.25, 0.3) is 0 Å². The topological polar surface area (TPSA) is 66.5 Å². The van der Waals surface area contributed by atoms with E-state index in [9.17, 15) is 5.11 Å². The maximum absolute atomic E-state index is 9.30. The van der Waals surface area contributed by atoms with Gasteiger partial charge in [0.25, 0.3) is 0 Å². The van der Waals surface area contributed by atoms with E-state index in [0.29, 0.717) is 12.8 Å². The van der Waals surface area contributed by atoms with E-state index in [1.54, 1.807) is 0 Å². The van der Waals surface area contributed by atoms with Gasteiger partial charge >= 0.3 is 0 Å². The van der Waals surface area contributed by atoms with Gasteiger partial charge in [-0.15, -0.1) is 0 Å². The fourth-order valence-electron chi connectivity index (χ4n) is 3.00. The highest BCUT2D eigenvalue weighted by molar-refractivity contribution is 5.25. The van der Waals surface area contributed by atoms with Crippen LogP contribution in [0.3, 0.4) is 0 Å². The van der Waals surface area contributed by atoms with Gasteiger partial charge in [0.1, 0.15) is 0 Å². The SMILES string of the molecule is CCCCCCCCc1ccc(C(N)CC(CO)CCO)cc1. The Labute approximate surface area is 141 Å². The van der Waals surface area contributed by atoms with Gasteiger partial charge in [-0.2, -0.15) is 0 Å². The first-order valence-corrected chi connectivity index (χ1v) is 9.27. The van der Waals surface area contributed by atoms with E-state index in [-0.39, 0.29) is 25.2 Å². The van der Waals surface area contributed by atoms with E-state index in [2.05, 4.69) is 31.2 Å². The summed E-state index contributed by atoms with van der Waals surface area (Å²) in [4.78, 5) is 0. The lowest BCUT2D eigenvalue weighted by Crippen LogP contribution is -2.18. The van der Waals surface area contributed by atoms with Crippen molar-refractivity contribution < 1.29 is 10.2 Å². The number of unbranched alkanes of at least 4 members (excludes halogenated alkanes) is 5. The minimum atomic E-state index is -0.0678. The smallest absolute Gasteiger partial charge is 0.0460 e. The molecule has 0 saturated carbocycles. The number of rotatable bonds is 13. The van der Waals surface area contributed by atoms with E-state index in [1.807, 2.05) is 0 Å². The van der Waals surface area contributed by atoms with E-state index in [1.165, 1.54) is 44.1 Å². The Morgan fingerprint density at radius 2 is 1.61 bits per heavy atom. The van der Waals surface area contributed by atoms with E-state index < -0.39 is 0 Å². The van der Waals surface area contributed by atoms with Gasteiger partial charge in [0, 0.05) is 19.3 Å². The van der Waals surface area contributed by atoms with Crippen LogP contribution in [0.4, 0.5) is 0 Å². The molecule has 0 bridgehead atoms. The second kappa shape index (κ2) is 12.5. The normalized spacial score (nSPS) is 13.9. The van der Waals surface area contributed by atoms with Crippen LogP contribution in [0.15, 0.2) is 24.3 Å². The van der Waals surface area contributed by atoms with E-state index in [0.717, 1.165) is 12.0 Å². The molecule has 4 N–H and O–H groups in total. The fourth-order valence-corrected chi connectivity index (χ4v) is 3.00. The van der Waals surface area contributed by atoms with Crippen molar-refractivity contribution in [1.29, 1.82) is 0 Å². The van der Waals surface area contributed by atoms with Gasteiger partial charge in [-0.1, -0.05) is 63.3 Å². The van der Waals surface area contributed by atoms with Crippen molar-refractivity contribution in [3.63, 3.8) is 0 Å². The lowest BCUT2D eigenvalue weighted by atomic mass is 9.93. The molecule has 0 aliphatic rings. The van der Waals surface area contributed by atoms with Crippen LogP contribution in [-0.4, -0.2) is 23.4 Å². The van der Waals surface area contributed by atoms with Crippen molar-refractivity contribution in [2.75, 3.05) is 13.2 Å². The lowest BCUT2D eigenvalue weighted by Gasteiger charge is -2.19. The van der Waals surface area contributed by atoms with Crippen molar-refractivity contribution in [3.8, 4) is 0 Å². The zero-order valence-electron chi connectivity index (χ0n) is 14.7. The van der Waals surface area contributed by atoms with E-state index >= 15 is 0 Å². The minimum absolute atomic E-state index is 0.0678. The predicted octanol–water partition coefficient (Wildman–Crippen LogP) is 3.97. The Kier molecular flexibility index (Phi) is 11.0. The van der Waals surface area contributed by atoms with Gasteiger partial charge in [-0.3, -0.25) is 0 Å². The number of hydrogen-bond acceptors (Lipinski definition) is 3. The van der Waals surface area contributed by atoms with Crippen molar-refractivity contribution in [1.82, 2.24) is 0 Å². The number of benzene rings is 1. The molecule has 0 heterocycles. The summed E-state index contributed by atoms with van der Waals surface area (Å²) in [5.41, 5.74) is 8.73. The summed E-state index contributed by atoms with van der Waals surface area (Å²) in [6.07, 6.45) is 10.4. The van der Waals surface area contributed by atoms with Gasteiger partial charge < -0.3 is 15.9 Å². The highest BCUT2D eigenvalue weighted by Gasteiger charge is 2.14. The largest absolute Gasteiger partial charge is 0.396 e. The maximum atomic E-state index is 9.30. The second-order valence-electron chi connectivity index (χ2n) is 6.66. The molecule has 0 radical (unpaired) electrons. The number of nitrogens with two attached hydrogens (primary N) is 1. The molecule has 0 aliphatic heterocycles. The molecule has 2 unspecified atom stereocenters. The van der Waals surface area contributed by atoms with Crippen LogP contribution in [0, 0.1) is 5.92 Å². The molecule has 1 aromatic rings.